The van der Waals surface area contributed by atoms with E-state index in [4.69, 9.17) is 9.47 Å². The van der Waals surface area contributed by atoms with E-state index in [1.54, 1.807) is 28.7 Å². The monoisotopic (exact) mass is 384 g/mol. The smallest absolute Gasteiger partial charge is 0.244 e. The summed E-state index contributed by atoms with van der Waals surface area (Å²) in [6, 6.07) is 9.65. The molecule has 4 rings (SSSR count). The summed E-state index contributed by atoms with van der Waals surface area (Å²) < 4.78 is 10.6. The van der Waals surface area contributed by atoms with Gasteiger partial charge in [-0.3, -0.25) is 4.79 Å². The molecule has 1 aliphatic heterocycles. The molecule has 3 aromatic rings. The number of thiazole rings is 1. The third-order valence-corrected chi connectivity index (χ3v) is 5.68. The summed E-state index contributed by atoms with van der Waals surface area (Å²) in [7, 11) is 0. The van der Waals surface area contributed by atoms with E-state index < -0.39 is 0 Å². The van der Waals surface area contributed by atoms with Crippen molar-refractivity contribution in [3.05, 3.63) is 57.2 Å². The Morgan fingerprint density at radius 1 is 1.27 bits per heavy atom. The molecule has 1 amide bonds. The number of carbonyl (C=O) groups is 1. The summed E-state index contributed by atoms with van der Waals surface area (Å²) in [6.45, 7) is 2.74. The number of ether oxygens (including phenoxy) is 2. The number of thiophene rings is 1. The van der Waals surface area contributed by atoms with Gasteiger partial charge in [-0.05, 0) is 42.8 Å². The topological polar surface area (TPSA) is 60.5 Å². The number of aromatic nitrogens is 1. The molecule has 1 N–H and O–H groups in total. The van der Waals surface area contributed by atoms with Gasteiger partial charge in [-0.15, -0.1) is 22.7 Å². The lowest BCUT2D eigenvalue weighted by Gasteiger charge is -2.00. The predicted molar refractivity (Wildman–Crippen MR) is 104 cm³/mol. The predicted octanol–water partition coefficient (Wildman–Crippen LogP) is 4.24. The van der Waals surface area contributed by atoms with E-state index in [-0.39, 0.29) is 12.7 Å². The number of nitrogens with zero attached hydrogens (tertiary/aromatic N) is 1. The first-order valence-corrected chi connectivity index (χ1v) is 9.74. The van der Waals surface area contributed by atoms with Crippen molar-refractivity contribution < 1.29 is 14.3 Å². The summed E-state index contributed by atoms with van der Waals surface area (Å²) >= 11 is 3.28. The number of amides is 1. The largest absolute Gasteiger partial charge is 0.454 e. The van der Waals surface area contributed by atoms with Crippen LogP contribution < -0.4 is 14.8 Å². The van der Waals surface area contributed by atoms with E-state index in [9.17, 15) is 4.79 Å². The first-order chi connectivity index (χ1) is 12.7. The molecule has 0 unspecified atom stereocenters. The number of aryl methyl sites for hydroxylation is 1. The number of fused-ring (bicyclic) bond motifs is 1. The van der Waals surface area contributed by atoms with Crippen LogP contribution in [0.25, 0.3) is 16.6 Å². The van der Waals surface area contributed by atoms with Crippen molar-refractivity contribution in [2.75, 3.05) is 6.79 Å². The van der Waals surface area contributed by atoms with Gasteiger partial charge < -0.3 is 14.8 Å². The number of hydrogen-bond acceptors (Lipinski definition) is 6. The van der Waals surface area contributed by atoms with Crippen LogP contribution in [0.1, 0.15) is 15.4 Å². The molecule has 0 saturated carbocycles. The molecule has 0 aliphatic carbocycles. The van der Waals surface area contributed by atoms with E-state index in [1.165, 1.54) is 6.08 Å². The van der Waals surface area contributed by atoms with Gasteiger partial charge in [0, 0.05) is 16.3 Å². The Hall–Kier alpha value is -2.64. The van der Waals surface area contributed by atoms with Crippen LogP contribution in [0.3, 0.4) is 0 Å². The zero-order valence-electron chi connectivity index (χ0n) is 14.0. The number of carbonyl (C=O) groups excluding carboxylic acids is 1. The van der Waals surface area contributed by atoms with Crippen molar-refractivity contribution in [3.8, 4) is 22.1 Å². The van der Waals surface area contributed by atoms with Crippen molar-refractivity contribution in [2.45, 2.75) is 13.5 Å². The van der Waals surface area contributed by atoms with Crippen LogP contribution >= 0.6 is 22.7 Å². The highest BCUT2D eigenvalue weighted by Gasteiger charge is 2.12. The number of rotatable bonds is 5. The van der Waals surface area contributed by atoms with Gasteiger partial charge in [0.1, 0.15) is 0 Å². The van der Waals surface area contributed by atoms with Crippen LogP contribution in [0.15, 0.2) is 41.8 Å². The molecule has 0 saturated heterocycles. The van der Waals surface area contributed by atoms with Crippen molar-refractivity contribution in [1.82, 2.24) is 10.3 Å². The average Bonchev–Trinajstić information content (AvgIpc) is 3.37. The van der Waals surface area contributed by atoms with Gasteiger partial charge in [0.05, 0.1) is 22.1 Å². The lowest BCUT2D eigenvalue weighted by atomic mass is 10.2. The zero-order chi connectivity index (χ0) is 17.9. The number of nitrogens with one attached hydrogen (secondary N) is 1. The molecule has 2 aromatic heterocycles. The Balaban J connectivity index is 1.33. The second-order valence-corrected chi connectivity index (χ2v) is 7.91. The van der Waals surface area contributed by atoms with E-state index in [0.29, 0.717) is 12.3 Å². The van der Waals surface area contributed by atoms with Crippen LogP contribution in [0.2, 0.25) is 0 Å². The number of benzene rings is 1. The molecule has 7 heteroatoms. The fraction of sp³-hybridized carbons (Fsp3) is 0.158. The van der Waals surface area contributed by atoms with Crippen molar-refractivity contribution in [2.24, 2.45) is 0 Å². The minimum absolute atomic E-state index is 0.137. The summed E-state index contributed by atoms with van der Waals surface area (Å²) in [5.41, 5.74) is 1.89. The van der Waals surface area contributed by atoms with Crippen LogP contribution in [-0.4, -0.2) is 17.7 Å². The first-order valence-electron chi connectivity index (χ1n) is 8.04. The Bertz CT molecular complexity index is 975. The molecule has 0 fully saturated rings. The van der Waals surface area contributed by atoms with E-state index in [1.807, 2.05) is 37.3 Å². The fourth-order valence-corrected chi connectivity index (χ4v) is 4.10. The molecule has 0 spiro atoms. The average molecular weight is 384 g/mol. The first kappa shape index (κ1) is 16.8. The molecule has 0 bridgehead atoms. The van der Waals surface area contributed by atoms with Crippen molar-refractivity contribution >= 4 is 34.7 Å². The Labute approximate surface area is 158 Å². The third-order valence-electron chi connectivity index (χ3n) is 3.79. The second kappa shape index (κ2) is 7.31. The zero-order valence-corrected chi connectivity index (χ0v) is 15.7. The fourth-order valence-electron chi connectivity index (χ4n) is 2.51. The van der Waals surface area contributed by atoms with E-state index in [0.717, 1.165) is 31.8 Å². The van der Waals surface area contributed by atoms with Gasteiger partial charge in [0.15, 0.2) is 11.5 Å². The van der Waals surface area contributed by atoms with Gasteiger partial charge in [-0.1, -0.05) is 6.07 Å². The maximum absolute atomic E-state index is 12.0. The molecule has 0 radical (unpaired) electrons. The highest BCUT2D eigenvalue weighted by atomic mass is 32.1. The highest BCUT2D eigenvalue weighted by Crippen LogP contribution is 2.33. The molecular formula is C19H16N2O3S2. The van der Waals surface area contributed by atoms with Gasteiger partial charge >= 0.3 is 0 Å². The SMILES string of the molecule is Cc1nc(-c2ccc(CNC(=O)/C=C/c3ccc4c(c3)OCO4)s2)cs1. The molecule has 26 heavy (non-hydrogen) atoms. The molecule has 1 aliphatic rings. The quantitative estimate of drug-likeness (QED) is 0.669. The lowest BCUT2D eigenvalue weighted by Crippen LogP contribution is -2.19. The minimum Gasteiger partial charge on any atom is -0.454 e. The maximum atomic E-state index is 12.0. The highest BCUT2D eigenvalue weighted by molar-refractivity contribution is 7.16. The lowest BCUT2D eigenvalue weighted by molar-refractivity contribution is -0.116. The van der Waals surface area contributed by atoms with Crippen molar-refractivity contribution in [1.29, 1.82) is 0 Å². The van der Waals surface area contributed by atoms with Gasteiger partial charge in [-0.25, -0.2) is 4.98 Å². The standard InChI is InChI=1S/C19H16N2O3S2/c1-12-21-15(10-25-12)18-6-4-14(26-18)9-20-19(22)7-3-13-2-5-16-17(8-13)24-11-23-16/h2-8,10H,9,11H2,1H3,(H,20,22)/b7-3+. The van der Waals surface area contributed by atoms with Gasteiger partial charge in [0.25, 0.3) is 0 Å². The van der Waals surface area contributed by atoms with E-state index in [2.05, 4.69) is 15.7 Å². The van der Waals surface area contributed by atoms with Crippen LogP contribution in [0.4, 0.5) is 0 Å². The molecule has 5 nitrogen and oxygen atoms in total. The second-order valence-electron chi connectivity index (χ2n) is 5.68. The van der Waals surface area contributed by atoms with E-state index >= 15 is 0 Å². The Kier molecular flexibility index (Phi) is 4.73. The Morgan fingerprint density at radius 2 is 2.15 bits per heavy atom. The van der Waals surface area contributed by atoms with Crippen LogP contribution in [0, 0.1) is 6.92 Å². The summed E-state index contributed by atoms with van der Waals surface area (Å²) in [4.78, 5) is 18.7. The van der Waals surface area contributed by atoms with Crippen LogP contribution in [-0.2, 0) is 11.3 Å². The molecule has 132 valence electrons. The maximum Gasteiger partial charge on any atom is 0.244 e. The van der Waals surface area contributed by atoms with Gasteiger partial charge in [-0.2, -0.15) is 0 Å². The molecular weight excluding hydrogens is 368 g/mol. The Morgan fingerprint density at radius 3 is 3.00 bits per heavy atom. The van der Waals surface area contributed by atoms with Gasteiger partial charge in [0.2, 0.25) is 12.7 Å². The summed E-state index contributed by atoms with van der Waals surface area (Å²) in [5.74, 6) is 1.30. The summed E-state index contributed by atoms with van der Waals surface area (Å²) in [5, 5.41) is 6.01. The van der Waals surface area contributed by atoms with Crippen LogP contribution in [0.5, 0.6) is 11.5 Å². The number of hydrogen-bond donors (Lipinski definition) is 1. The third kappa shape index (κ3) is 3.79. The molecule has 1 aromatic carbocycles. The molecule has 3 heterocycles. The minimum atomic E-state index is -0.137. The normalized spacial score (nSPS) is 12.7. The summed E-state index contributed by atoms with van der Waals surface area (Å²) in [6.07, 6.45) is 3.28. The molecule has 0 atom stereocenters. The van der Waals surface area contributed by atoms with Crippen molar-refractivity contribution in [3.63, 3.8) is 0 Å².